The van der Waals surface area contributed by atoms with Crippen LogP contribution in [0.25, 0.3) is 0 Å². The topological polar surface area (TPSA) is 284 Å². The number of carboxylic acids is 1. The van der Waals surface area contributed by atoms with Crippen LogP contribution in [0.15, 0.2) is 0 Å². The van der Waals surface area contributed by atoms with Crippen LogP contribution < -0.4 is 27.0 Å². The number of aliphatic hydroxyl groups excluding tert-OH is 3. The van der Waals surface area contributed by atoms with Gasteiger partial charge in [0.2, 0.25) is 29.5 Å². The first-order valence-corrected chi connectivity index (χ1v) is 12.7. The molecule has 0 saturated carbocycles. The lowest BCUT2D eigenvalue weighted by Gasteiger charge is -2.32. The summed E-state index contributed by atoms with van der Waals surface area (Å²) in [5.41, 5.74) is 5.31. The smallest absolute Gasteiger partial charge is 0.326 e. The van der Waals surface area contributed by atoms with Crippen LogP contribution >= 0.6 is 0 Å². The highest BCUT2D eigenvalue weighted by Gasteiger charge is 2.37. The van der Waals surface area contributed by atoms with E-state index in [0.717, 1.165) is 6.92 Å². The average molecular weight is 592 g/mol. The molecule has 17 nitrogen and oxygen atoms in total. The fourth-order valence-electron chi connectivity index (χ4n) is 3.44. The van der Waals surface area contributed by atoms with Gasteiger partial charge in [0.25, 0.3) is 0 Å². The molecular weight excluding hydrogens is 550 g/mol. The van der Waals surface area contributed by atoms with Crippen molar-refractivity contribution in [1.82, 2.24) is 21.3 Å². The van der Waals surface area contributed by atoms with E-state index in [1.165, 1.54) is 13.8 Å². The van der Waals surface area contributed by atoms with Gasteiger partial charge in [-0.25, -0.2) is 4.79 Å². The molecule has 5 amide bonds. The number of nitrogens with one attached hydrogen (secondary N) is 4. The van der Waals surface area contributed by atoms with Crippen molar-refractivity contribution in [3.63, 3.8) is 0 Å². The molecule has 0 rings (SSSR count). The molecule has 0 fully saturated rings. The van der Waals surface area contributed by atoms with E-state index >= 15 is 0 Å². The molecule has 0 aromatic rings. The lowest BCUT2D eigenvalue weighted by Crippen LogP contribution is -2.57. The Morgan fingerprint density at radius 1 is 0.927 bits per heavy atom. The fraction of sp³-hybridized carbons (Fsp3) is 0.708. The Morgan fingerprint density at radius 3 is 1.95 bits per heavy atom. The van der Waals surface area contributed by atoms with E-state index in [1.807, 2.05) is 0 Å². The molecule has 8 atom stereocenters. The van der Waals surface area contributed by atoms with E-state index in [4.69, 9.17) is 15.6 Å². The Balaban J connectivity index is 5.29. The van der Waals surface area contributed by atoms with Gasteiger partial charge in [-0.05, 0) is 26.2 Å². The molecule has 17 heteroatoms. The predicted molar refractivity (Wildman–Crippen MR) is 139 cm³/mol. The minimum Gasteiger partial charge on any atom is -0.480 e. The Kier molecular flexibility index (Phi) is 16.3. The number of carbonyl (C=O) groups excluding carboxylic acids is 6. The fourth-order valence-corrected chi connectivity index (χ4v) is 3.44. The summed E-state index contributed by atoms with van der Waals surface area (Å²) in [5.74, 6) is -5.82. The molecule has 0 aromatic heterocycles. The highest BCUT2D eigenvalue weighted by molar-refractivity contribution is 5.92. The molecule has 10 N–H and O–H groups in total. The molecule has 0 aliphatic heterocycles. The number of nitrogens with two attached hydrogens (primary N) is 1. The van der Waals surface area contributed by atoms with E-state index in [2.05, 4.69) is 21.3 Å². The SMILES string of the molecule is CC(=O)N[C@@H](C=O)[C@@H](OC(C)C(=O)NC(C)C(=O)NC(CCC(=O)NC(C(=O)O)C(C)C)C(N)=O)[C@H](O)[C@H](O)CO. The molecule has 0 radical (unpaired) electrons. The van der Waals surface area contributed by atoms with Crippen LogP contribution in [-0.2, 0) is 38.3 Å². The Labute approximate surface area is 236 Å². The summed E-state index contributed by atoms with van der Waals surface area (Å²) in [6.45, 7) is 5.77. The number of ether oxygens (including phenoxy) is 1. The summed E-state index contributed by atoms with van der Waals surface area (Å²) < 4.78 is 5.41. The third kappa shape index (κ3) is 13.0. The van der Waals surface area contributed by atoms with Crippen molar-refractivity contribution in [1.29, 1.82) is 0 Å². The van der Waals surface area contributed by atoms with Crippen LogP contribution in [-0.4, -0.2) is 117 Å². The van der Waals surface area contributed by atoms with Gasteiger partial charge in [-0.2, -0.15) is 0 Å². The minimum atomic E-state index is -1.90. The normalized spacial score (nSPS) is 17.0. The molecule has 0 saturated heterocycles. The molecule has 0 spiro atoms. The van der Waals surface area contributed by atoms with Crippen molar-refractivity contribution in [3.05, 3.63) is 0 Å². The van der Waals surface area contributed by atoms with Crippen molar-refractivity contribution in [2.45, 2.75) is 96.0 Å². The van der Waals surface area contributed by atoms with Gasteiger partial charge >= 0.3 is 5.97 Å². The van der Waals surface area contributed by atoms with Crippen molar-refractivity contribution in [2.75, 3.05) is 6.61 Å². The van der Waals surface area contributed by atoms with Crippen molar-refractivity contribution < 1.29 is 58.7 Å². The van der Waals surface area contributed by atoms with Gasteiger partial charge in [0, 0.05) is 13.3 Å². The van der Waals surface area contributed by atoms with Crippen LogP contribution in [0.1, 0.15) is 47.5 Å². The minimum absolute atomic E-state index is 0.203. The second kappa shape index (κ2) is 17.9. The lowest BCUT2D eigenvalue weighted by molar-refractivity contribution is -0.158. The molecule has 234 valence electrons. The van der Waals surface area contributed by atoms with Crippen LogP contribution in [0.3, 0.4) is 0 Å². The molecule has 4 unspecified atom stereocenters. The quantitative estimate of drug-likeness (QED) is 0.0644. The summed E-state index contributed by atoms with van der Waals surface area (Å²) in [5, 5.41) is 47.5. The van der Waals surface area contributed by atoms with Gasteiger partial charge in [0.05, 0.1) is 6.61 Å². The maximum absolute atomic E-state index is 12.7. The zero-order chi connectivity index (χ0) is 32.0. The number of amides is 5. The number of rotatable bonds is 19. The number of aldehydes is 1. The average Bonchev–Trinajstić information content (AvgIpc) is 2.89. The Bertz CT molecular complexity index is 946. The van der Waals surface area contributed by atoms with E-state index in [0.29, 0.717) is 0 Å². The third-order valence-electron chi connectivity index (χ3n) is 5.84. The zero-order valence-electron chi connectivity index (χ0n) is 23.5. The molecule has 0 aliphatic carbocycles. The Hall–Kier alpha value is -3.67. The summed E-state index contributed by atoms with van der Waals surface area (Å²) in [6.07, 6.45) is -7.24. The molecule has 0 heterocycles. The number of hydrogen-bond donors (Lipinski definition) is 9. The highest BCUT2D eigenvalue weighted by atomic mass is 16.5. The number of aliphatic hydroxyl groups is 3. The van der Waals surface area contributed by atoms with Crippen LogP contribution in [0.5, 0.6) is 0 Å². The van der Waals surface area contributed by atoms with Gasteiger partial charge in [-0.3, -0.25) is 24.0 Å². The number of primary amides is 1. The van der Waals surface area contributed by atoms with Crippen molar-refractivity contribution in [3.8, 4) is 0 Å². The monoisotopic (exact) mass is 591 g/mol. The molecule has 41 heavy (non-hydrogen) atoms. The van der Waals surface area contributed by atoms with Crippen molar-refractivity contribution >= 4 is 41.8 Å². The van der Waals surface area contributed by atoms with E-state index < -0.39 is 96.6 Å². The zero-order valence-corrected chi connectivity index (χ0v) is 23.5. The first-order chi connectivity index (χ1) is 19.0. The van der Waals surface area contributed by atoms with E-state index in [9.17, 15) is 48.9 Å². The highest BCUT2D eigenvalue weighted by Crippen LogP contribution is 2.12. The van der Waals surface area contributed by atoms with E-state index in [1.54, 1.807) is 13.8 Å². The summed E-state index contributed by atoms with van der Waals surface area (Å²) in [7, 11) is 0. The molecule has 0 bridgehead atoms. The summed E-state index contributed by atoms with van der Waals surface area (Å²) in [6, 6.07) is -5.30. The first kappa shape index (κ1) is 37.3. The molecular formula is C24H41N5O12. The lowest BCUT2D eigenvalue weighted by atomic mass is 10.0. The van der Waals surface area contributed by atoms with Gasteiger partial charge in [-0.1, -0.05) is 13.8 Å². The Morgan fingerprint density at radius 2 is 1.51 bits per heavy atom. The summed E-state index contributed by atoms with van der Waals surface area (Å²) >= 11 is 0. The number of carboxylic acid groups (broad SMARTS) is 1. The van der Waals surface area contributed by atoms with Gasteiger partial charge in [0.1, 0.15) is 54.9 Å². The maximum Gasteiger partial charge on any atom is 0.326 e. The maximum atomic E-state index is 12.7. The van der Waals surface area contributed by atoms with E-state index in [-0.39, 0.29) is 19.1 Å². The number of hydrogen-bond acceptors (Lipinski definition) is 11. The van der Waals surface area contributed by atoms with Crippen LogP contribution in [0, 0.1) is 5.92 Å². The summed E-state index contributed by atoms with van der Waals surface area (Å²) in [4.78, 5) is 83.4. The molecule has 0 aromatic carbocycles. The second-order valence-electron chi connectivity index (χ2n) is 9.71. The number of aliphatic carboxylic acids is 1. The van der Waals surface area contributed by atoms with Crippen LogP contribution in [0.2, 0.25) is 0 Å². The molecule has 0 aliphatic rings. The van der Waals surface area contributed by atoms with Gasteiger partial charge in [-0.15, -0.1) is 0 Å². The predicted octanol–water partition coefficient (Wildman–Crippen LogP) is -4.34. The standard InChI is InChI=1S/C24H41N5O12/c1-10(2)18(24(39)40)29-17(34)7-6-14(21(25)36)28-22(37)11(3)26-23(38)12(4)41-20(19(35)16(33)9-31)15(8-30)27-13(5)32/h8,10-12,14-16,18-20,31,33,35H,6-7,9H2,1-5H3,(H2,25,36)(H,26,38)(H,27,32)(H,28,37)(H,29,34)(H,39,40)/t11?,12?,14?,15-,16+,18?,19+,20+/m0/s1. The van der Waals surface area contributed by atoms with Gasteiger partial charge in [0.15, 0.2) is 0 Å². The first-order valence-electron chi connectivity index (χ1n) is 12.7. The number of carbonyl (C=O) groups is 7. The van der Waals surface area contributed by atoms with Crippen molar-refractivity contribution in [2.24, 2.45) is 11.7 Å². The third-order valence-corrected chi connectivity index (χ3v) is 5.84. The van der Waals surface area contributed by atoms with Crippen LogP contribution in [0.4, 0.5) is 0 Å². The second-order valence-corrected chi connectivity index (χ2v) is 9.71. The largest absolute Gasteiger partial charge is 0.480 e. The van der Waals surface area contributed by atoms with Gasteiger partial charge < -0.3 is 57.0 Å².